The number of thioether (sulfide) groups is 1. The minimum Gasteiger partial charge on any atom is -0.308 e. The summed E-state index contributed by atoms with van der Waals surface area (Å²) < 4.78 is 0. The minimum absolute atomic E-state index is 0.688. The monoisotopic (exact) mass is 236 g/mol. The van der Waals surface area contributed by atoms with Crippen LogP contribution in [0.3, 0.4) is 0 Å². The highest BCUT2D eigenvalue weighted by Gasteiger charge is 2.20. The summed E-state index contributed by atoms with van der Waals surface area (Å²) in [5, 5.41) is 4.48. The van der Waals surface area contributed by atoms with Gasteiger partial charge >= 0.3 is 0 Å². The van der Waals surface area contributed by atoms with E-state index in [1.807, 2.05) is 24.0 Å². The molecule has 1 aromatic rings. The van der Waals surface area contributed by atoms with E-state index in [-0.39, 0.29) is 0 Å². The standard InChI is InChI=1S/C13H20N2S/c1-16-13-7-4-6-11(9-13)15-10-12-5-2-3-8-14-12/h2-3,5,8,11,13,15H,4,6-7,9-10H2,1H3. The smallest absolute Gasteiger partial charge is 0.0541 e. The van der Waals surface area contributed by atoms with Crippen molar-refractivity contribution >= 4 is 11.8 Å². The molecule has 0 aliphatic heterocycles. The predicted octanol–water partition coefficient (Wildman–Crippen LogP) is 2.85. The summed E-state index contributed by atoms with van der Waals surface area (Å²) in [6.45, 7) is 0.909. The lowest BCUT2D eigenvalue weighted by molar-refractivity contribution is 0.378. The number of hydrogen-bond donors (Lipinski definition) is 1. The Hall–Kier alpha value is -0.540. The van der Waals surface area contributed by atoms with Crippen molar-refractivity contribution in [2.75, 3.05) is 6.26 Å². The Bertz CT molecular complexity index is 302. The average molecular weight is 236 g/mol. The number of rotatable bonds is 4. The molecule has 1 fully saturated rings. The third kappa shape index (κ3) is 3.49. The Labute approximate surface area is 102 Å². The highest BCUT2D eigenvalue weighted by atomic mass is 32.2. The third-order valence-corrected chi connectivity index (χ3v) is 4.35. The van der Waals surface area contributed by atoms with Crippen molar-refractivity contribution in [2.24, 2.45) is 0 Å². The van der Waals surface area contributed by atoms with Gasteiger partial charge in [0.15, 0.2) is 0 Å². The molecule has 0 saturated heterocycles. The van der Waals surface area contributed by atoms with Crippen LogP contribution in [0.5, 0.6) is 0 Å². The second-order valence-electron chi connectivity index (χ2n) is 4.42. The van der Waals surface area contributed by atoms with Crippen LogP contribution >= 0.6 is 11.8 Å². The molecule has 0 bridgehead atoms. The predicted molar refractivity (Wildman–Crippen MR) is 70.6 cm³/mol. The van der Waals surface area contributed by atoms with Gasteiger partial charge in [-0.2, -0.15) is 11.8 Å². The fourth-order valence-electron chi connectivity index (χ4n) is 2.30. The first-order valence-corrected chi connectivity index (χ1v) is 7.33. The summed E-state index contributed by atoms with van der Waals surface area (Å²) >= 11 is 2.02. The van der Waals surface area contributed by atoms with E-state index in [9.17, 15) is 0 Å². The molecule has 0 radical (unpaired) electrons. The topological polar surface area (TPSA) is 24.9 Å². The molecular weight excluding hydrogens is 216 g/mol. The van der Waals surface area contributed by atoms with E-state index < -0.39 is 0 Å². The van der Waals surface area contributed by atoms with E-state index in [0.717, 1.165) is 17.5 Å². The maximum atomic E-state index is 4.33. The lowest BCUT2D eigenvalue weighted by Gasteiger charge is -2.28. The molecule has 1 aliphatic rings. The Morgan fingerprint density at radius 1 is 1.44 bits per heavy atom. The molecular formula is C13H20N2S. The van der Waals surface area contributed by atoms with Crippen LogP contribution in [0, 0.1) is 0 Å². The molecule has 1 aromatic heterocycles. The average Bonchev–Trinajstić information content (AvgIpc) is 2.38. The molecule has 3 heteroatoms. The zero-order chi connectivity index (χ0) is 11.2. The van der Waals surface area contributed by atoms with Crippen LogP contribution in [-0.4, -0.2) is 22.5 Å². The van der Waals surface area contributed by atoms with Crippen molar-refractivity contribution in [3.63, 3.8) is 0 Å². The van der Waals surface area contributed by atoms with Crippen LogP contribution in [0.15, 0.2) is 24.4 Å². The number of nitrogens with one attached hydrogen (secondary N) is 1. The van der Waals surface area contributed by atoms with Crippen molar-refractivity contribution in [1.82, 2.24) is 10.3 Å². The molecule has 88 valence electrons. The molecule has 1 N–H and O–H groups in total. The Morgan fingerprint density at radius 2 is 2.38 bits per heavy atom. The van der Waals surface area contributed by atoms with E-state index in [4.69, 9.17) is 0 Å². The first-order chi connectivity index (χ1) is 7.88. The first-order valence-electron chi connectivity index (χ1n) is 6.04. The van der Waals surface area contributed by atoms with Crippen molar-refractivity contribution < 1.29 is 0 Å². The number of aromatic nitrogens is 1. The second kappa shape index (κ2) is 6.26. The fourth-order valence-corrected chi connectivity index (χ4v) is 3.12. The number of hydrogen-bond acceptors (Lipinski definition) is 3. The Balaban J connectivity index is 1.77. The van der Waals surface area contributed by atoms with E-state index in [2.05, 4.69) is 28.7 Å². The zero-order valence-corrected chi connectivity index (χ0v) is 10.7. The van der Waals surface area contributed by atoms with Crippen molar-refractivity contribution in [3.8, 4) is 0 Å². The number of nitrogens with zero attached hydrogens (tertiary/aromatic N) is 1. The largest absolute Gasteiger partial charge is 0.308 e. The maximum absolute atomic E-state index is 4.33. The molecule has 2 nitrogen and oxygen atoms in total. The van der Waals surface area contributed by atoms with Gasteiger partial charge < -0.3 is 5.32 Å². The highest BCUT2D eigenvalue weighted by Crippen LogP contribution is 2.26. The normalized spacial score (nSPS) is 25.6. The van der Waals surface area contributed by atoms with Crippen LogP contribution in [0.2, 0.25) is 0 Å². The lowest BCUT2D eigenvalue weighted by Crippen LogP contribution is -2.34. The van der Waals surface area contributed by atoms with Gasteiger partial charge in [-0.05, 0) is 37.7 Å². The third-order valence-electron chi connectivity index (χ3n) is 3.26. The van der Waals surface area contributed by atoms with Gasteiger partial charge in [0, 0.05) is 24.0 Å². The SMILES string of the molecule is CSC1CCCC(NCc2ccccn2)C1. The van der Waals surface area contributed by atoms with Gasteiger partial charge in [0.1, 0.15) is 0 Å². The molecule has 2 rings (SSSR count). The van der Waals surface area contributed by atoms with Crippen molar-refractivity contribution in [3.05, 3.63) is 30.1 Å². The van der Waals surface area contributed by atoms with E-state index in [0.29, 0.717) is 6.04 Å². The zero-order valence-electron chi connectivity index (χ0n) is 9.86. The van der Waals surface area contributed by atoms with Gasteiger partial charge in [0.05, 0.1) is 5.69 Å². The lowest BCUT2D eigenvalue weighted by atomic mass is 9.95. The van der Waals surface area contributed by atoms with Crippen LogP contribution in [0.4, 0.5) is 0 Å². The summed E-state index contributed by atoms with van der Waals surface area (Å²) in [5.74, 6) is 0. The summed E-state index contributed by atoms with van der Waals surface area (Å²) in [5.41, 5.74) is 1.15. The minimum atomic E-state index is 0.688. The summed E-state index contributed by atoms with van der Waals surface area (Å²) in [6.07, 6.45) is 9.49. The molecule has 0 aromatic carbocycles. The molecule has 1 aliphatic carbocycles. The Morgan fingerprint density at radius 3 is 3.12 bits per heavy atom. The fraction of sp³-hybridized carbons (Fsp3) is 0.615. The van der Waals surface area contributed by atoms with Crippen molar-refractivity contribution in [2.45, 2.75) is 43.5 Å². The van der Waals surface area contributed by atoms with E-state index in [1.165, 1.54) is 25.7 Å². The molecule has 1 saturated carbocycles. The maximum Gasteiger partial charge on any atom is 0.0541 e. The molecule has 2 atom stereocenters. The molecule has 0 amide bonds. The summed E-state index contributed by atoms with van der Waals surface area (Å²) in [6, 6.07) is 6.79. The van der Waals surface area contributed by atoms with E-state index in [1.54, 1.807) is 0 Å². The van der Waals surface area contributed by atoms with Crippen LogP contribution in [0.25, 0.3) is 0 Å². The highest BCUT2D eigenvalue weighted by molar-refractivity contribution is 7.99. The quantitative estimate of drug-likeness (QED) is 0.870. The van der Waals surface area contributed by atoms with E-state index >= 15 is 0 Å². The van der Waals surface area contributed by atoms with Gasteiger partial charge in [-0.15, -0.1) is 0 Å². The van der Waals surface area contributed by atoms with Crippen LogP contribution < -0.4 is 5.32 Å². The van der Waals surface area contributed by atoms with Gasteiger partial charge in [0.2, 0.25) is 0 Å². The second-order valence-corrected chi connectivity index (χ2v) is 5.56. The van der Waals surface area contributed by atoms with Gasteiger partial charge in [-0.1, -0.05) is 12.5 Å². The molecule has 2 unspecified atom stereocenters. The van der Waals surface area contributed by atoms with Crippen LogP contribution in [-0.2, 0) is 6.54 Å². The molecule has 16 heavy (non-hydrogen) atoms. The van der Waals surface area contributed by atoms with Crippen molar-refractivity contribution in [1.29, 1.82) is 0 Å². The van der Waals surface area contributed by atoms with Crippen LogP contribution in [0.1, 0.15) is 31.4 Å². The van der Waals surface area contributed by atoms with Gasteiger partial charge in [-0.3, -0.25) is 4.98 Å². The van der Waals surface area contributed by atoms with Gasteiger partial charge in [0.25, 0.3) is 0 Å². The first kappa shape index (κ1) is 11.9. The number of pyridine rings is 1. The Kier molecular flexibility index (Phi) is 4.67. The summed E-state index contributed by atoms with van der Waals surface area (Å²) in [4.78, 5) is 4.33. The van der Waals surface area contributed by atoms with Gasteiger partial charge in [-0.25, -0.2) is 0 Å². The molecule has 0 spiro atoms. The molecule has 1 heterocycles. The summed E-state index contributed by atoms with van der Waals surface area (Å²) in [7, 11) is 0.